The van der Waals surface area contributed by atoms with Crippen molar-refractivity contribution in [2.45, 2.75) is 10.6 Å². The van der Waals surface area contributed by atoms with E-state index in [2.05, 4.69) is 0 Å². The summed E-state index contributed by atoms with van der Waals surface area (Å²) < 4.78 is 26.5. The average molecular weight is 286 g/mol. The Kier molecular flexibility index (Phi) is 4.09. The molecule has 5 heteroatoms. The zero-order valence-electron chi connectivity index (χ0n) is 9.29. The Labute approximate surface area is 113 Å². The van der Waals surface area contributed by atoms with Crippen LogP contribution in [0, 0.1) is 11.6 Å². The van der Waals surface area contributed by atoms with Crippen molar-refractivity contribution in [1.82, 2.24) is 0 Å². The molecule has 0 fully saturated rings. The van der Waals surface area contributed by atoms with Crippen molar-refractivity contribution in [1.29, 1.82) is 0 Å². The lowest BCUT2D eigenvalue weighted by molar-refractivity contribution is 0.602. The second kappa shape index (κ2) is 5.59. The van der Waals surface area contributed by atoms with Crippen LogP contribution in [-0.4, -0.2) is 0 Å². The number of hydrogen-bond donors (Lipinski definition) is 1. The Hall–Kier alpha value is -1.26. The SMILES string of the molecule is Nc1ccc(SCc2ccc(F)c(Cl)c2)c(F)c1. The van der Waals surface area contributed by atoms with E-state index in [0.29, 0.717) is 16.3 Å². The van der Waals surface area contributed by atoms with Gasteiger partial charge in [0, 0.05) is 16.3 Å². The molecule has 2 rings (SSSR count). The fourth-order valence-electron chi connectivity index (χ4n) is 1.42. The van der Waals surface area contributed by atoms with Gasteiger partial charge in [-0.25, -0.2) is 8.78 Å². The highest BCUT2D eigenvalue weighted by Crippen LogP contribution is 2.28. The molecule has 0 spiro atoms. The normalized spacial score (nSPS) is 10.6. The van der Waals surface area contributed by atoms with E-state index in [4.69, 9.17) is 17.3 Å². The zero-order chi connectivity index (χ0) is 13.1. The van der Waals surface area contributed by atoms with Gasteiger partial charge in [-0.1, -0.05) is 17.7 Å². The van der Waals surface area contributed by atoms with Gasteiger partial charge in [0.2, 0.25) is 0 Å². The molecule has 0 saturated heterocycles. The molecular weight excluding hydrogens is 276 g/mol. The minimum Gasteiger partial charge on any atom is -0.399 e. The number of thioether (sulfide) groups is 1. The third kappa shape index (κ3) is 3.15. The molecule has 0 aliphatic carbocycles. The first-order valence-corrected chi connectivity index (χ1v) is 6.54. The standard InChI is InChI=1S/C13H10ClF2NS/c14-10-5-8(1-3-11(10)15)7-18-13-4-2-9(17)6-12(13)16/h1-6H,7,17H2. The Morgan fingerprint density at radius 3 is 2.50 bits per heavy atom. The summed E-state index contributed by atoms with van der Waals surface area (Å²) >= 11 is 6.98. The maximum Gasteiger partial charge on any atom is 0.141 e. The molecule has 0 unspecified atom stereocenters. The molecule has 0 aromatic heterocycles. The molecule has 0 heterocycles. The third-order valence-corrected chi connectivity index (χ3v) is 3.74. The van der Waals surface area contributed by atoms with E-state index in [-0.39, 0.29) is 10.8 Å². The van der Waals surface area contributed by atoms with Crippen molar-refractivity contribution < 1.29 is 8.78 Å². The second-order valence-electron chi connectivity index (χ2n) is 3.73. The van der Waals surface area contributed by atoms with Crippen LogP contribution < -0.4 is 5.73 Å². The largest absolute Gasteiger partial charge is 0.399 e. The van der Waals surface area contributed by atoms with E-state index in [1.807, 2.05) is 0 Å². The molecule has 18 heavy (non-hydrogen) atoms. The number of halogens is 3. The molecule has 0 saturated carbocycles. The average Bonchev–Trinajstić information content (AvgIpc) is 2.32. The van der Waals surface area contributed by atoms with E-state index >= 15 is 0 Å². The van der Waals surface area contributed by atoms with Crippen LogP contribution in [0.15, 0.2) is 41.3 Å². The van der Waals surface area contributed by atoms with Crippen molar-refractivity contribution in [3.63, 3.8) is 0 Å². The monoisotopic (exact) mass is 285 g/mol. The van der Waals surface area contributed by atoms with Crippen molar-refractivity contribution >= 4 is 29.1 Å². The van der Waals surface area contributed by atoms with Crippen LogP contribution in [-0.2, 0) is 5.75 Å². The maximum atomic E-state index is 13.5. The van der Waals surface area contributed by atoms with Crippen LogP contribution in [0.1, 0.15) is 5.56 Å². The lowest BCUT2D eigenvalue weighted by Gasteiger charge is -2.05. The molecule has 1 nitrogen and oxygen atoms in total. The fourth-order valence-corrected chi connectivity index (χ4v) is 2.49. The first-order chi connectivity index (χ1) is 8.56. The Morgan fingerprint density at radius 2 is 1.83 bits per heavy atom. The summed E-state index contributed by atoms with van der Waals surface area (Å²) in [6.07, 6.45) is 0. The topological polar surface area (TPSA) is 26.0 Å². The highest BCUT2D eigenvalue weighted by Gasteiger charge is 2.05. The summed E-state index contributed by atoms with van der Waals surface area (Å²) in [6, 6.07) is 9.02. The Bertz CT molecular complexity index is 575. The van der Waals surface area contributed by atoms with Gasteiger partial charge in [-0.15, -0.1) is 11.8 Å². The highest BCUT2D eigenvalue weighted by molar-refractivity contribution is 7.98. The predicted octanol–water partition coefficient (Wildman–Crippen LogP) is 4.49. The molecule has 2 aromatic rings. The number of hydrogen-bond acceptors (Lipinski definition) is 2. The molecule has 0 radical (unpaired) electrons. The number of anilines is 1. The lowest BCUT2D eigenvalue weighted by atomic mass is 10.2. The van der Waals surface area contributed by atoms with Crippen molar-refractivity contribution in [3.05, 3.63) is 58.6 Å². The Morgan fingerprint density at radius 1 is 1.06 bits per heavy atom. The van der Waals surface area contributed by atoms with Crippen LogP contribution in [0.25, 0.3) is 0 Å². The second-order valence-corrected chi connectivity index (χ2v) is 5.15. The van der Waals surface area contributed by atoms with Gasteiger partial charge in [0.1, 0.15) is 11.6 Å². The van der Waals surface area contributed by atoms with Crippen LogP contribution in [0.4, 0.5) is 14.5 Å². The van der Waals surface area contributed by atoms with Crippen LogP contribution in [0.5, 0.6) is 0 Å². The van der Waals surface area contributed by atoms with Crippen LogP contribution in [0.3, 0.4) is 0 Å². The van der Waals surface area contributed by atoms with Gasteiger partial charge in [-0.05, 0) is 35.9 Å². The summed E-state index contributed by atoms with van der Waals surface area (Å²) in [5.41, 5.74) is 6.69. The number of nitrogens with two attached hydrogens (primary N) is 1. The Balaban J connectivity index is 2.09. The molecule has 0 amide bonds. The van der Waals surface area contributed by atoms with Gasteiger partial charge in [0.15, 0.2) is 0 Å². The molecule has 0 aliphatic heterocycles. The lowest BCUT2D eigenvalue weighted by Crippen LogP contribution is -1.89. The van der Waals surface area contributed by atoms with E-state index in [0.717, 1.165) is 5.56 Å². The predicted molar refractivity (Wildman–Crippen MR) is 71.8 cm³/mol. The first-order valence-electron chi connectivity index (χ1n) is 5.18. The minimum atomic E-state index is -0.455. The summed E-state index contributed by atoms with van der Waals surface area (Å²) in [5, 5.41) is 0.0749. The summed E-state index contributed by atoms with van der Waals surface area (Å²) in [5.74, 6) is -0.293. The van der Waals surface area contributed by atoms with Gasteiger partial charge >= 0.3 is 0 Å². The molecule has 2 N–H and O–H groups in total. The van der Waals surface area contributed by atoms with Crippen LogP contribution in [0.2, 0.25) is 5.02 Å². The summed E-state index contributed by atoms with van der Waals surface area (Å²) in [6.45, 7) is 0. The quantitative estimate of drug-likeness (QED) is 0.664. The molecule has 0 aliphatic rings. The molecule has 2 aromatic carbocycles. The van der Waals surface area contributed by atoms with Crippen molar-refractivity contribution in [2.75, 3.05) is 5.73 Å². The molecule has 94 valence electrons. The zero-order valence-corrected chi connectivity index (χ0v) is 10.9. The van der Waals surface area contributed by atoms with Gasteiger partial charge in [0.25, 0.3) is 0 Å². The van der Waals surface area contributed by atoms with Crippen LogP contribution >= 0.6 is 23.4 Å². The van der Waals surface area contributed by atoms with E-state index in [1.165, 1.54) is 23.9 Å². The number of nitrogen functional groups attached to an aromatic ring is 1. The smallest absolute Gasteiger partial charge is 0.141 e. The summed E-state index contributed by atoms with van der Waals surface area (Å²) in [7, 11) is 0. The third-order valence-electron chi connectivity index (χ3n) is 2.33. The van der Waals surface area contributed by atoms with E-state index in [1.54, 1.807) is 24.3 Å². The fraction of sp³-hybridized carbons (Fsp3) is 0.0769. The molecule has 0 bridgehead atoms. The number of rotatable bonds is 3. The van der Waals surface area contributed by atoms with Gasteiger partial charge < -0.3 is 5.73 Å². The maximum absolute atomic E-state index is 13.5. The van der Waals surface area contributed by atoms with Gasteiger partial charge in [0.05, 0.1) is 5.02 Å². The summed E-state index contributed by atoms with van der Waals surface area (Å²) in [4.78, 5) is 0.504. The van der Waals surface area contributed by atoms with Gasteiger partial charge in [-0.2, -0.15) is 0 Å². The molecular formula is C13H10ClF2NS. The highest BCUT2D eigenvalue weighted by atomic mass is 35.5. The van der Waals surface area contributed by atoms with Crippen molar-refractivity contribution in [3.8, 4) is 0 Å². The minimum absolute atomic E-state index is 0.0749. The van der Waals surface area contributed by atoms with Gasteiger partial charge in [-0.3, -0.25) is 0 Å². The number of benzene rings is 2. The molecule has 0 atom stereocenters. The van der Waals surface area contributed by atoms with Crippen molar-refractivity contribution in [2.24, 2.45) is 0 Å². The van der Waals surface area contributed by atoms with E-state index in [9.17, 15) is 8.78 Å². The first kappa shape index (κ1) is 13.2. The van der Waals surface area contributed by atoms with E-state index < -0.39 is 5.82 Å².